The van der Waals surface area contributed by atoms with E-state index in [0.717, 1.165) is 0 Å². The molecule has 0 bridgehead atoms. The van der Waals surface area contributed by atoms with Crippen LogP contribution in [0.15, 0.2) is 41.6 Å². The summed E-state index contributed by atoms with van der Waals surface area (Å²) in [6, 6.07) is 7.71. The number of nitriles is 1. The number of aryl methyl sites for hydroxylation is 1. The Bertz CT molecular complexity index is 859. The first kappa shape index (κ1) is 18.4. The summed E-state index contributed by atoms with van der Waals surface area (Å²) in [5, 5.41) is 12.2. The number of hydrogen-bond donors (Lipinski definition) is 1. The van der Waals surface area contributed by atoms with Crippen molar-refractivity contribution in [2.75, 3.05) is 19.6 Å². The lowest BCUT2D eigenvalue weighted by molar-refractivity contribution is 0.258. The fourth-order valence-electron chi connectivity index (χ4n) is 2.75. The van der Waals surface area contributed by atoms with Gasteiger partial charge in [-0.05, 0) is 18.2 Å². The SMILES string of the molecule is Cl.Cn1ccnc1C1CNCCN1S(=O)(=O)c1cccc(C#N)c1. The minimum atomic E-state index is -3.70. The van der Waals surface area contributed by atoms with Crippen molar-refractivity contribution < 1.29 is 8.42 Å². The quantitative estimate of drug-likeness (QED) is 0.875. The van der Waals surface area contributed by atoms with Gasteiger partial charge in [-0.1, -0.05) is 6.07 Å². The fraction of sp³-hybridized carbons (Fsp3) is 0.333. The van der Waals surface area contributed by atoms with E-state index in [4.69, 9.17) is 5.26 Å². The van der Waals surface area contributed by atoms with E-state index < -0.39 is 10.0 Å². The molecule has 0 spiro atoms. The zero-order valence-corrected chi connectivity index (χ0v) is 14.7. The summed E-state index contributed by atoms with van der Waals surface area (Å²) >= 11 is 0. The molecule has 0 saturated carbocycles. The summed E-state index contributed by atoms with van der Waals surface area (Å²) < 4.78 is 29.3. The Morgan fingerprint density at radius 3 is 2.88 bits per heavy atom. The van der Waals surface area contributed by atoms with E-state index in [0.29, 0.717) is 31.0 Å². The van der Waals surface area contributed by atoms with E-state index in [1.54, 1.807) is 24.5 Å². The molecule has 0 radical (unpaired) electrons. The maximum absolute atomic E-state index is 13.0. The Morgan fingerprint density at radius 2 is 2.21 bits per heavy atom. The van der Waals surface area contributed by atoms with Gasteiger partial charge < -0.3 is 9.88 Å². The topological polar surface area (TPSA) is 91.0 Å². The molecule has 1 saturated heterocycles. The van der Waals surface area contributed by atoms with Gasteiger partial charge in [0.25, 0.3) is 0 Å². The van der Waals surface area contributed by atoms with Crippen LogP contribution >= 0.6 is 12.4 Å². The zero-order chi connectivity index (χ0) is 16.4. The molecule has 1 aliphatic rings. The number of halogens is 1. The number of imidazole rings is 1. The predicted octanol–water partition coefficient (Wildman–Crippen LogP) is 1.05. The van der Waals surface area contributed by atoms with Crippen molar-refractivity contribution in [3.05, 3.63) is 48.0 Å². The third-order valence-electron chi connectivity index (χ3n) is 3.92. The second-order valence-electron chi connectivity index (χ2n) is 5.37. The van der Waals surface area contributed by atoms with Gasteiger partial charge >= 0.3 is 0 Å². The molecule has 1 fully saturated rings. The third-order valence-corrected chi connectivity index (χ3v) is 5.82. The van der Waals surface area contributed by atoms with Crippen molar-refractivity contribution in [3.8, 4) is 6.07 Å². The molecule has 1 aromatic heterocycles. The van der Waals surface area contributed by atoms with Gasteiger partial charge in [0, 0.05) is 39.1 Å². The summed E-state index contributed by atoms with van der Waals surface area (Å²) in [4.78, 5) is 4.43. The van der Waals surface area contributed by atoms with Crippen molar-refractivity contribution in [1.82, 2.24) is 19.2 Å². The van der Waals surface area contributed by atoms with Crippen molar-refractivity contribution in [2.24, 2.45) is 7.05 Å². The van der Waals surface area contributed by atoms with Crippen LogP contribution in [0.4, 0.5) is 0 Å². The number of nitrogens with one attached hydrogen (secondary N) is 1. The van der Waals surface area contributed by atoms with Crippen molar-refractivity contribution in [2.45, 2.75) is 10.9 Å². The van der Waals surface area contributed by atoms with Crippen LogP contribution < -0.4 is 5.32 Å². The largest absolute Gasteiger partial charge is 0.337 e. The van der Waals surface area contributed by atoms with Crippen molar-refractivity contribution >= 4 is 22.4 Å². The van der Waals surface area contributed by atoms with Gasteiger partial charge in [0.1, 0.15) is 5.82 Å². The van der Waals surface area contributed by atoms with Crippen LogP contribution in [0, 0.1) is 11.3 Å². The van der Waals surface area contributed by atoms with E-state index in [1.165, 1.54) is 16.4 Å². The lowest BCUT2D eigenvalue weighted by atomic mass is 10.2. The Labute approximate surface area is 147 Å². The molecule has 0 aliphatic carbocycles. The fourth-order valence-corrected chi connectivity index (χ4v) is 4.39. The van der Waals surface area contributed by atoms with Crippen LogP contribution in [-0.4, -0.2) is 41.9 Å². The second kappa shape index (κ2) is 7.32. The second-order valence-corrected chi connectivity index (χ2v) is 7.26. The standard InChI is InChI=1S/C15H17N5O2S.ClH/c1-19-7-6-18-15(19)14-11-17-5-8-20(14)23(21,22)13-4-2-3-12(9-13)10-16;/h2-4,6-7,9,14,17H,5,8,11H2,1H3;1H. The minimum Gasteiger partial charge on any atom is -0.337 e. The molecular formula is C15H18ClN5O2S. The molecule has 1 atom stereocenters. The number of aromatic nitrogens is 2. The van der Waals surface area contributed by atoms with Gasteiger partial charge in [0.05, 0.1) is 22.6 Å². The molecule has 2 aromatic rings. The normalized spacial score (nSPS) is 18.6. The molecule has 0 amide bonds. The van der Waals surface area contributed by atoms with Gasteiger partial charge in [-0.25, -0.2) is 13.4 Å². The van der Waals surface area contributed by atoms with Gasteiger partial charge in [0.15, 0.2) is 0 Å². The molecule has 9 heteroatoms. The van der Waals surface area contributed by atoms with Crippen LogP contribution in [0.1, 0.15) is 17.4 Å². The van der Waals surface area contributed by atoms with E-state index in [9.17, 15) is 8.42 Å². The molecule has 7 nitrogen and oxygen atoms in total. The smallest absolute Gasteiger partial charge is 0.243 e. The lowest BCUT2D eigenvalue weighted by Gasteiger charge is -2.34. The highest BCUT2D eigenvalue weighted by molar-refractivity contribution is 7.89. The van der Waals surface area contributed by atoms with Crippen molar-refractivity contribution in [3.63, 3.8) is 0 Å². The van der Waals surface area contributed by atoms with Gasteiger partial charge in [-0.15, -0.1) is 12.4 Å². The molecular weight excluding hydrogens is 350 g/mol. The van der Waals surface area contributed by atoms with Crippen LogP contribution in [-0.2, 0) is 17.1 Å². The zero-order valence-electron chi connectivity index (χ0n) is 13.1. The van der Waals surface area contributed by atoms with E-state index in [2.05, 4.69) is 10.3 Å². The average molecular weight is 368 g/mol. The number of benzene rings is 1. The summed E-state index contributed by atoms with van der Waals surface area (Å²) in [7, 11) is -1.85. The maximum Gasteiger partial charge on any atom is 0.243 e. The van der Waals surface area contributed by atoms with Crippen LogP contribution in [0.25, 0.3) is 0 Å². The summed E-state index contributed by atoms with van der Waals surface area (Å²) in [6.45, 7) is 1.44. The Balaban J connectivity index is 0.00000208. The Kier molecular flexibility index (Phi) is 5.62. The molecule has 3 rings (SSSR count). The maximum atomic E-state index is 13.0. The number of nitrogens with zero attached hydrogens (tertiary/aromatic N) is 4. The molecule has 1 aromatic carbocycles. The number of rotatable bonds is 3. The molecule has 1 N–H and O–H groups in total. The highest BCUT2D eigenvalue weighted by Crippen LogP contribution is 2.28. The first-order valence-corrected chi connectivity index (χ1v) is 8.68. The first-order valence-electron chi connectivity index (χ1n) is 7.24. The highest BCUT2D eigenvalue weighted by atomic mass is 35.5. The average Bonchev–Trinajstić information content (AvgIpc) is 3.01. The number of hydrogen-bond acceptors (Lipinski definition) is 5. The lowest BCUT2D eigenvalue weighted by Crippen LogP contribution is -2.49. The van der Waals surface area contributed by atoms with Gasteiger partial charge in [0.2, 0.25) is 10.0 Å². The first-order chi connectivity index (χ1) is 11.0. The van der Waals surface area contributed by atoms with Crippen LogP contribution in [0.5, 0.6) is 0 Å². The predicted molar refractivity (Wildman–Crippen MR) is 91.1 cm³/mol. The monoisotopic (exact) mass is 367 g/mol. The highest BCUT2D eigenvalue weighted by Gasteiger charge is 2.36. The van der Waals surface area contributed by atoms with Gasteiger partial charge in [-0.3, -0.25) is 0 Å². The summed E-state index contributed by atoms with van der Waals surface area (Å²) in [5.41, 5.74) is 0.328. The van der Waals surface area contributed by atoms with E-state index in [-0.39, 0.29) is 23.3 Å². The van der Waals surface area contributed by atoms with Crippen LogP contribution in [0.2, 0.25) is 0 Å². The van der Waals surface area contributed by atoms with E-state index >= 15 is 0 Å². The molecule has 1 unspecified atom stereocenters. The molecule has 128 valence electrons. The van der Waals surface area contributed by atoms with Crippen LogP contribution in [0.3, 0.4) is 0 Å². The van der Waals surface area contributed by atoms with Crippen molar-refractivity contribution in [1.29, 1.82) is 5.26 Å². The Morgan fingerprint density at radius 1 is 1.42 bits per heavy atom. The Hall–Kier alpha value is -1.92. The number of piperazine rings is 1. The summed E-state index contributed by atoms with van der Waals surface area (Å²) in [5.74, 6) is 0.692. The van der Waals surface area contributed by atoms with Gasteiger partial charge in [-0.2, -0.15) is 9.57 Å². The molecule has 2 heterocycles. The molecule has 1 aliphatic heterocycles. The number of sulfonamides is 1. The van der Waals surface area contributed by atoms with E-state index in [1.807, 2.05) is 17.7 Å². The summed E-state index contributed by atoms with van der Waals surface area (Å²) in [6.07, 6.45) is 3.45. The third kappa shape index (κ3) is 3.30. The molecule has 24 heavy (non-hydrogen) atoms. The minimum absolute atomic E-state index is 0.